The number of alkyl halides is 1. The summed E-state index contributed by atoms with van der Waals surface area (Å²) < 4.78 is 44.0. The van der Waals surface area contributed by atoms with Gasteiger partial charge in [-0.15, -0.1) is 10.2 Å². The topological polar surface area (TPSA) is 130 Å². The second kappa shape index (κ2) is 11.9. The second-order valence-electron chi connectivity index (χ2n) is 8.64. The Hall–Kier alpha value is -3.87. The fourth-order valence-corrected chi connectivity index (χ4v) is 3.07. The number of esters is 1. The summed E-state index contributed by atoms with van der Waals surface area (Å²) in [5.41, 5.74) is -0.323. The molecule has 1 N–H and O–H groups in total. The number of tetrazole rings is 1. The first-order chi connectivity index (χ1) is 17.4. The monoisotopic (exact) mass is 538 g/mol. The maximum Gasteiger partial charge on any atom is 0.408 e. The predicted octanol–water partition coefficient (Wildman–Crippen LogP) is 4.11. The molecule has 2 atom stereocenters. The van der Waals surface area contributed by atoms with Gasteiger partial charge >= 0.3 is 12.1 Å². The third-order valence-electron chi connectivity index (χ3n) is 4.48. The standard InChI is InChI=1S/C23H25ClF2N6O5/c1-5-35-21(33)18(26)17(28-22(34)37-23(2,3)4)12-32-30-19(29-31-32)13-6-8-15(9-7-13)36-20-16(25)10-14(24)11-27-20/h6-11,17-18H,5,12H2,1-4H3,(H,28,34). The molecule has 2 heterocycles. The Morgan fingerprint density at radius 3 is 2.54 bits per heavy atom. The van der Waals surface area contributed by atoms with Crippen LogP contribution in [0.3, 0.4) is 0 Å². The number of ether oxygens (including phenoxy) is 3. The number of hydrogen-bond acceptors (Lipinski definition) is 9. The molecule has 3 rings (SSSR count). The van der Waals surface area contributed by atoms with Crippen LogP contribution in [0.15, 0.2) is 36.5 Å². The minimum Gasteiger partial charge on any atom is -0.464 e. The number of hydrogen-bond donors (Lipinski definition) is 1. The number of rotatable bonds is 9. The van der Waals surface area contributed by atoms with Gasteiger partial charge in [0.25, 0.3) is 5.88 Å². The van der Waals surface area contributed by atoms with E-state index in [9.17, 15) is 18.4 Å². The average molecular weight is 539 g/mol. The van der Waals surface area contributed by atoms with Gasteiger partial charge in [-0.2, -0.15) is 4.80 Å². The minimum absolute atomic E-state index is 0.0371. The highest BCUT2D eigenvalue weighted by molar-refractivity contribution is 6.30. The molecule has 0 aliphatic carbocycles. The van der Waals surface area contributed by atoms with Crippen molar-refractivity contribution >= 4 is 23.7 Å². The van der Waals surface area contributed by atoms with Gasteiger partial charge in [-0.05, 0) is 63.2 Å². The van der Waals surface area contributed by atoms with Gasteiger partial charge in [0, 0.05) is 11.8 Å². The first kappa shape index (κ1) is 27.7. The number of alkyl carbamates (subject to hydrolysis) is 1. The number of nitrogens with zero attached hydrogens (tertiary/aromatic N) is 5. The average Bonchev–Trinajstić information content (AvgIpc) is 3.28. The molecule has 14 heteroatoms. The van der Waals surface area contributed by atoms with Gasteiger partial charge in [0.1, 0.15) is 11.4 Å². The van der Waals surface area contributed by atoms with E-state index in [0.717, 1.165) is 10.9 Å². The van der Waals surface area contributed by atoms with E-state index in [2.05, 4.69) is 25.7 Å². The molecule has 2 aromatic heterocycles. The molecule has 0 fully saturated rings. The number of carbonyl (C=O) groups is 2. The van der Waals surface area contributed by atoms with Crippen molar-refractivity contribution in [3.05, 3.63) is 47.4 Å². The normalized spacial score (nSPS) is 12.9. The van der Waals surface area contributed by atoms with E-state index in [-0.39, 0.29) is 29.9 Å². The van der Waals surface area contributed by atoms with Gasteiger partial charge in [-0.25, -0.2) is 23.4 Å². The molecule has 1 aromatic carbocycles. The van der Waals surface area contributed by atoms with Gasteiger partial charge in [-0.1, -0.05) is 11.6 Å². The highest BCUT2D eigenvalue weighted by atomic mass is 35.5. The quantitative estimate of drug-likeness (QED) is 0.400. The molecular formula is C23H25ClF2N6O5. The molecule has 198 valence electrons. The van der Waals surface area contributed by atoms with Crippen molar-refractivity contribution < 1.29 is 32.6 Å². The SMILES string of the molecule is CCOC(=O)C(F)C(Cn1nnc(-c2ccc(Oc3ncc(Cl)cc3F)cc2)n1)NC(=O)OC(C)(C)C. The van der Waals surface area contributed by atoms with Crippen molar-refractivity contribution in [2.75, 3.05) is 6.61 Å². The lowest BCUT2D eigenvalue weighted by atomic mass is 10.2. The summed E-state index contributed by atoms with van der Waals surface area (Å²) in [7, 11) is 0. The van der Waals surface area contributed by atoms with E-state index in [0.29, 0.717) is 11.3 Å². The first-order valence-electron chi connectivity index (χ1n) is 11.1. The maximum atomic E-state index is 14.8. The Morgan fingerprint density at radius 1 is 1.22 bits per heavy atom. The summed E-state index contributed by atoms with van der Waals surface area (Å²) in [5.74, 6) is -1.64. The lowest BCUT2D eigenvalue weighted by molar-refractivity contribution is -0.150. The van der Waals surface area contributed by atoms with Crippen molar-refractivity contribution in [1.29, 1.82) is 0 Å². The molecule has 3 aromatic rings. The van der Waals surface area contributed by atoms with E-state index in [1.54, 1.807) is 32.9 Å². The molecule has 0 radical (unpaired) electrons. The smallest absolute Gasteiger partial charge is 0.408 e. The van der Waals surface area contributed by atoms with Crippen molar-refractivity contribution in [2.24, 2.45) is 0 Å². The van der Waals surface area contributed by atoms with Crippen LogP contribution in [0.2, 0.25) is 5.02 Å². The van der Waals surface area contributed by atoms with E-state index in [1.165, 1.54) is 25.3 Å². The third-order valence-corrected chi connectivity index (χ3v) is 4.69. The Labute approximate surface area is 216 Å². The van der Waals surface area contributed by atoms with Crippen molar-refractivity contribution in [3.63, 3.8) is 0 Å². The summed E-state index contributed by atoms with van der Waals surface area (Å²) in [6.45, 7) is 6.09. The molecule has 2 unspecified atom stereocenters. The number of nitrogens with one attached hydrogen (secondary N) is 1. The largest absolute Gasteiger partial charge is 0.464 e. The zero-order valence-corrected chi connectivity index (χ0v) is 21.2. The molecule has 0 saturated heterocycles. The molecular weight excluding hydrogens is 514 g/mol. The molecule has 0 bridgehead atoms. The molecule has 0 saturated carbocycles. The van der Waals surface area contributed by atoms with Crippen LogP contribution in [-0.4, -0.2) is 61.7 Å². The lowest BCUT2D eigenvalue weighted by Crippen LogP contribution is -2.49. The number of amides is 1. The van der Waals surface area contributed by atoms with E-state index in [4.69, 9.17) is 25.8 Å². The van der Waals surface area contributed by atoms with Gasteiger partial charge in [0.05, 0.1) is 24.2 Å². The van der Waals surface area contributed by atoms with Crippen LogP contribution in [-0.2, 0) is 20.8 Å². The minimum atomic E-state index is -2.21. The third kappa shape index (κ3) is 8.07. The van der Waals surface area contributed by atoms with Crippen LogP contribution >= 0.6 is 11.6 Å². The van der Waals surface area contributed by atoms with Crippen LogP contribution in [0.4, 0.5) is 13.6 Å². The van der Waals surface area contributed by atoms with Crippen molar-refractivity contribution in [3.8, 4) is 23.0 Å². The Morgan fingerprint density at radius 2 is 1.92 bits per heavy atom. The predicted molar refractivity (Wildman–Crippen MR) is 127 cm³/mol. The summed E-state index contributed by atoms with van der Waals surface area (Å²) >= 11 is 5.69. The Bertz CT molecular complexity index is 1240. The maximum absolute atomic E-state index is 14.8. The van der Waals surface area contributed by atoms with E-state index in [1.807, 2.05) is 0 Å². The highest BCUT2D eigenvalue weighted by Crippen LogP contribution is 2.26. The van der Waals surface area contributed by atoms with Gasteiger partial charge < -0.3 is 19.5 Å². The van der Waals surface area contributed by atoms with Crippen LogP contribution < -0.4 is 10.1 Å². The lowest BCUT2D eigenvalue weighted by Gasteiger charge is -2.24. The van der Waals surface area contributed by atoms with Crippen LogP contribution in [0, 0.1) is 5.82 Å². The van der Waals surface area contributed by atoms with Gasteiger partial charge in [0.2, 0.25) is 12.0 Å². The van der Waals surface area contributed by atoms with Crippen LogP contribution in [0.25, 0.3) is 11.4 Å². The summed E-state index contributed by atoms with van der Waals surface area (Å²) in [4.78, 5) is 29.0. The number of benzene rings is 1. The molecule has 37 heavy (non-hydrogen) atoms. The van der Waals surface area contributed by atoms with E-state index >= 15 is 0 Å². The Balaban J connectivity index is 1.72. The van der Waals surface area contributed by atoms with Crippen molar-refractivity contribution in [1.82, 2.24) is 30.5 Å². The van der Waals surface area contributed by atoms with Crippen LogP contribution in [0.5, 0.6) is 11.6 Å². The molecule has 1 amide bonds. The molecule has 0 aliphatic heterocycles. The molecule has 11 nitrogen and oxygen atoms in total. The first-order valence-corrected chi connectivity index (χ1v) is 11.5. The number of carbonyl (C=O) groups excluding carboxylic acids is 2. The number of pyridine rings is 1. The zero-order valence-electron chi connectivity index (χ0n) is 20.4. The summed E-state index contributed by atoms with van der Waals surface area (Å²) in [5, 5.41) is 14.4. The highest BCUT2D eigenvalue weighted by Gasteiger charge is 2.33. The second-order valence-corrected chi connectivity index (χ2v) is 9.08. The van der Waals surface area contributed by atoms with Gasteiger partial charge in [0.15, 0.2) is 5.82 Å². The number of aromatic nitrogens is 5. The van der Waals surface area contributed by atoms with Crippen molar-refractivity contribution in [2.45, 2.75) is 52.1 Å². The fraction of sp³-hybridized carbons (Fsp3) is 0.391. The molecule has 0 aliphatic rings. The summed E-state index contributed by atoms with van der Waals surface area (Å²) in [6, 6.07) is 5.95. The van der Waals surface area contributed by atoms with Gasteiger partial charge in [-0.3, -0.25) is 0 Å². The summed E-state index contributed by atoms with van der Waals surface area (Å²) in [6.07, 6.45) is -1.88. The van der Waals surface area contributed by atoms with E-state index < -0.39 is 35.7 Å². The molecule has 0 spiro atoms. The van der Waals surface area contributed by atoms with Crippen LogP contribution in [0.1, 0.15) is 27.7 Å². The number of halogens is 3. The zero-order chi connectivity index (χ0) is 27.2. The Kier molecular flexibility index (Phi) is 8.92. The fourth-order valence-electron chi connectivity index (χ4n) is 2.93.